The highest BCUT2D eigenvalue weighted by molar-refractivity contribution is 6.30. The molecule has 0 amide bonds. The molecule has 1 atom stereocenters. The molecule has 90 valence electrons. The van der Waals surface area contributed by atoms with Crippen molar-refractivity contribution in [3.63, 3.8) is 0 Å². The first-order valence-corrected chi connectivity index (χ1v) is 5.95. The van der Waals surface area contributed by atoms with Gasteiger partial charge in [-0.25, -0.2) is 4.39 Å². The Hall–Kier alpha value is -0.640. The Morgan fingerprint density at radius 1 is 1.50 bits per heavy atom. The van der Waals surface area contributed by atoms with Crippen LogP contribution in [0.4, 0.5) is 4.39 Å². The van der Waals surface area contributed by atoms with Crippen molar-refractivity contribution in [3.05, 3.63) is 34.6 Å². The fraction of sp³-hybridized carbons (Fsp3) is 0.500. The van der Waals surface area contributed by atoms with E-state index >= 15 is 0 Å². The maximum Gasteiger partial charge on any atom is 0.127 e. The first kappa shape index (κ1) is 13.4. The van der Waals surface area contributed by atoms with Crippen LogP contribution in [0.15, 0.2) is 18.2 Å². The number of hydrogen-bond donors (Lipinski definition) is 2. The van der Waals surface area contributed by atoms with Crippen LogP contribution in [0.5, 0.6) is 0 Å². The van der Waals surface area contributed by atoms with Gasteiger partial charge in [0.15, 0.2) is 0 Å². The minimum atomic E-state index is -0.260. The van der Waals surface area contributed by atoms with E-state index in [-0.39, 0.29) is 11.9 Å². The predicted octanol–water partition coefficient (Wildman–Crippen LogP) is 3.04. The number of benzene rings is 1. The van der Waals surface area contributed by atoms with Gasteiger partial charge in [0.05, 0.1) is 0 Å². The highest BCUT2D eigenvalue weighted by atomic mass is 35.5. The molecule has 1 rings (SSSR count). The van der Waals surface area contributed by atoms with E-state index in [0.717, 1.165) is 19.3 Å². The number of hydrazine groups is 1. The maximum absolute atomic E-state index is 13.5. The molecule has 0 aliphatic heterocycles. The molecule has 4 heteroatoms. The highest BCUT2D eigenvalue weighted by Gasteiger charge is 2.10. The molecule has 0 radical (unpaired) electrons. The second kappa shape index (κ2) is 6.84. The van der Waals surface area contributed by atoms with E-state index in [9.17, 15) is 4.39 Å². The molecular formula is C12H18ClFN2. The summed E-state index contributed by atoms with van der Waals surface area (Å²) in [5.41, 5.74) is 3.38. The van der Waals surface area contributed by atoms with Crippen LogP contribution >= 0.6 is 11.6 Å². The van der Waals surface area contributed by atoms with Crippen molar-refractivity contribution in [1.29, 1.82) is 0 Å². The topological polar surface area (TPSA) is 38.0 Å². The summed E-state index contributed by atoms with van der Waals surface area (Å²) < 4.78 is 13.5. The van der Waals surface area contributed by atoms with Crippen molar-refractivity contribution in [2.24, 2.45) is 5.84 Å². The molecule has 0 bridgehead atoms. The minimum Gasteiger partial charge on any atom is -0.271 e. The van der Waals surface area contributed by atoms with Crippen molar-refractivity contribution in [1.82, 2.24) is 5.43 Å². The Bertz CT molecular complexity index is 331. The predicted molar refractivity (Wildman–Crippen MR) is 65.8 cm³/mol. The smallest absolute Gasteiger partial charge is 0.127 e. The Morgan fingerprint density at radius 3 is 2.81 bits per heavy atom. The molecule has 0 saturated heterocycles. The van der Waals surface area contributed by atoms with Crippen molar-refractivity contribution in [2.45, 2.75) is 38.6 Å². The molecule has 1 aromatic rings. The third-order valence-corrected chi connectivity index (χ3v) is 2.86. The lowest BCUT2D eigenvalue weighted by Gasteiger charge is -2.15. The van der Waals surface area contributed by atoms with Gasteiger partial charge >= 0.3 is 0 Å². The summed E-state index contributed by atoms with van der Waals surface area (Å²) in [5.74, 6) is 5.18. The first-order valence-electron chi connectivity index (χ1n) is 5.57. The molecule has 0 heterocycles. The largest absolute Gasteiger partial charge is 0.271 e. The molecular weight excluding hydrogens is 227 g/mol. The van der Waals surface area contributed by atoms with Gasteiger partial charge in [-0.05, 0) is 30.5 Å². The average molecular weight is 245 g/mol. The molecule has 3 N–H and O–H groups in total. The van der Waals surface area contributed by atoms with E-state index in [1.54, 1.807) is 12.1 Å². The van der Waals surface area contributed by atoms with Crippen LogP contribution in [0.3, 0.4) is 0 Å². The SMILES string of the molecule is CCCCC(Cc1ccc(Cl)cc1F)NN. The molecule has 0 fully saturated rings. The molecule has 1 unspecified atom stereocenters. The van der Waals surface area contributed by atoms with Gasteiger partial charge in [-0.2, -0.15) is 0 Å². The minimum absolute atomic E-state index is 0.121. The van der Waals surface area contributed by atoms with Crippen molar-refractivity contribution < 1.29 is 4.39 Å². The number of nitrogens with one attached hydrogen (secondary N) is 1. The van der Waals surface area contributed by atoms with Gasteiger partial charge in [0, 0.05) is 11.1 Å². The second-order valence-corrected chi connectivity index (χ2v) is 4.38. The normalized spacial score (nSPS) is 12.8. The third kappa shape index (κ3) is 4.08. The molecule has 0 aliphatic rings. The average Bonchev–Trinajstić information content (AvgIpc) is 2.27. The zero-order chi connectivity index (χ0) is 12.0. The van der Waals surface area contributed by atoms with Crippen LogP contribution in [0.1, 0.15) is 31.7 Å². The molecule has 0 saturated carbocycles. The summed E-state index contributed by atoms with van der Waals surface area (Å²) in [6.07, 6.45) is 3.75. The number of unbranched alkanes of at least 4 members (excludes halogenated alkanes) is 1. The highest BCUT2D eigenvalue weighted by Crippen LogP contribution is 2.17. The number of nitrogens with two attached hydrogens (primary N) is 1. The van der Waals surface area contributed by atoms with Gasteiger partial charge in [-0.1, -0.05) is 37.4 Å². The maximum atomic E-state index is 13.5. The van der Waals surface area contributed by atoms with E-state index in [2.05, 4.69) is 12.3 Å². The van der Waals surface area contributed by atoms with Gasteiger partial charge in [-0.3, -0.25) is 11.3 Å². The number of halogens is 2. The fourth-order valence-electron chi connectivity index (χ4n) is 1.65. The summed E-state index contributed by atoms with van der Waals surface area (Å²) >= 11 is 5.69. The van der Waals surface area contributed by atoms with Crippen molar-refractivity contribution in [3.8, 4) is 0 Å². The van der Waals surface area contributed by atoms with Crippen LogP contribution in [0.2, 0.25) is 5.02 Å². The van der Waals surface area contributed by atoms with Gasteiger partial charge in [-0.15, -0.1) is 0 Å². The standard InChI is InChI=1S/C12H18ClFN2/c1-2-3-4-11(16-15)7-9-5-6-10(13)8-12(9)14/h5-6,8,11,16H,2-4,7,15H2,1H3. The fourth-order valence-corrected chi connectivity index (χ4v) is 1.81. The van der Waals surface area contributed by atoms with E-state index in [1.807, 2.05) is 0 Å². The number of rotatable bonds is 6. The summed E-state index contributed by atoms with van der Waals surface area (Å²) in [6.45, 7) is 2.12. The summed E-state index contributed by atoms with van der Waals surface area (Å²) in [5, 5.41) is 0.423. The molecule has 0 spiro atoms. The van der Waals surface area contributed by atoms with Gasteiger partial charge < -0.3 is 0 Å². The third-order valence-electron chi connectivity index (χ3n) is 2.62. The summed E-state index contributed by atoms with van der Waals surface area (Å²) in [7, 11) is 0. The van der Waals surface area contributed by atoms with Crippen molar-refractivity contribution in [2.75, 3.05) is 0 Å². The molecule has 1 aromatic carbocycles. The van der Waals surface area contributed by atoms with Gasteiger partial charge in [0.25, 0.3) is 0 Å². The van der Waals surface area contributed by atoms with Gasteiger partial charge in [0.1, 0.15) is 5.82 Å². The Kier molecular flexibility index (Phi) is 5.74. The van der Waals surface area contributed by atoms with Crippen molar-refractivity contribution >= 4 is 11.6 Å². The molecule has 16 heavy (non-hydrogen) atoms. The second-order valence-electron chi connectivity index (χ2n) is 3.95. The van der Waals surface area contributed by atoms with E-state index in [4.69, 9.17) is 17.4 Å². The quantitative estimate of drug-likeness (QED) is 0.596. The van der Waals surface area contributed by atoms with E-state index in [1.165, 1.54) is 6.07 Å². The lowest BCUT2D eigenvalue weighted by molar-refractivity contribution is 0.464. The summed E-state index contributed by atoms with van der Waals surface area (Å²) in [4.78, 5) is 0. The van der Waals surface area contributed by atoms with Crippen LogP contribution in [0, 0.1) is 5.82 Å². The van der Waals surface area contributed by atoms with Crippen LogP contribution in [-0.4, -0.2) is 6.04 Å². The van der Waals surface area contributed by atoms with E-state index < -0.39 is 0 Å². The number of hydrogen-bond acceptors (Lipinski definition) is 2. The van der Waals surface area contributed by atoms with Crippen LogP contribution in [-0.2, 0) is 6.42 Å². The molecule has 0 aliphatic carbocycles. The lowest BCUT2D eigenvalue weighted by atomic mass is 10.0. The monoisotopic (exact) mass is 244 g/mol. The lowest BCUT2D eigenvalue weighted by Crippen LogP contribution is -2.36. The Balaban J connectivity index is 2.62. The van der Waals surface area contributed by atoms with E-state index in [0.29, 0.717) is 17.0 Å². The van der Waals surface area contributed by atoms with Crippen LogP contribution < -0.4 is 11.3 Å². The first-order chi connectivity index (χ1) is 7.67. The zero-order valence-electron chi connectivity index (χ0n) is 9.47. The molecule has 0 aromatic heterocycles. The Morgan fingerprint density at radius 2 is 2.25 bits per heavy atom. The van der Waals surface area contributed by atoms with Gasteiger partial charge in [0.2, 0.25) is 0 Å². The van der Waals surface area contributed by atoms with Crippen LogP contribution in [0.25, 0.3) is 0 Å². The molecule has 2 nitrogen and oxygen atoms in total. The summed E-state index contributed by atoms with van der Waals surface area (Å²) in [6, 6.07) is 4.88. The Labute approximate surface area is 101 Å². The zero-order valence-corrected chi connectivity index (χ0v) is 10.2.